The topological polar surface area (TPSA) is 76.7 Å². The first kappa shape index (κ1) is 10.9. The fraction of sp³-hybridized carbons (Fsp3) is 0. The zero-order chi connectivity index (χ0) is 12.7. The number of nitrogens with zero attached hydrogens (tertiary/aromatic N) is 2. The largest absolute Gasteiger partial charge is 0.397 e. The van der Waals surface area contributed by atoms with E-state index >= 15 is 0 Å². The monoisotopic (exact) mass is 260 g/mol. The van der Waals surface area contributed by atoms with Gasteiger partial charge in [-0.1, -0.05) is 11.6 Å². The minimum absolute atomic E-state index is 0.260. The van der Waals surface area contributed by atoms with Crippen LogP contribution >= 0.6 is 11.6 Å². The Hall–Kier alpha value is -2.27. The van der Waals surface area contributed by atoms with Crippen LogP contribution in [-0.2, 0) is 0 Å². The minimum Gasteiger partial charge on any atom is -0.397 e. The maximum absolute atomic E-state index is 11.9. The molecule has 0 saturated carbocycles. The molecule has 2 heterocycles. The lowest BCUT2D eigenvalue weighted by Gasteiger charge is -2.02. The Kier molecular flexibility index (Phi) is 2.34. The van der Waals surface area contributed by atoms with Gasteiger partial charge in [0.15, 0.2) is 0 Å². The van der Waals surface area contributed by atoms with Crippen LogP contribution in [0.3, 0.4) is 0 Å². The molecular weight excluding hydrogens is 252 g/mol. The fourth-order valence-electron chi connectivity index (χ4n) is 1.83. The van der Waals surface area contributed by atoms with Gasteiger partial charge in [-0.25, -0.2) is 14.3 Å². The van der Waals surface area contributed by atoms with Crippen molar-refractivity contribution in [2.45, 2.75) is 0 Å². The molecular formula is C12H9ClN4O. The standard InChI is InChI=1S/C12H9ClN4O/c13-7-1-3-9-10(5-7)17(12(18)16-9)11-4-2-8(14)6-15-11/h1-6H,14H2,(H,16,18). The predicted molar refractivity (Wildman–Crippen MR) is 71.1 cm³/mol. The molecule has 0 bridgehead atoms. The zero-order valence-corrected chi connectivity index (χ0v) is 9.98. The summed E-state index contributed by atoms with van der Waals surface area (Å²) in [7, 11) is 0. The molecule has 0 aliphatic carbocycles. The quantitative estimate of drug-likeness (QED) is 0.702. The molecule has 3 aromatic rings. The van der Waals surface area contributed by atoms with E-state index in [1.807, 2.05) is 0 Å². The number of H-pyrrole nitrogens is 1. The second-order valence-corrected chi connectivity index (χ2v) is 4.31. The molecule has 0 fully saturated rings. The van der Waals surface area contributed by atoms with Gasteiger partial charge >= 0.3 is 5.69 Å². The number of aromatic nitrogens is 3. The van der Waals surface area contributed by atoms with Gasteiger partial charge in [-0.3, -0.25) is 0 Å². The molecule has 1 aromatic carbocycles. The van der Waals surface area contributed by atoms with Crippen LogP contribution in [-0.4, -0.2) is 14.5 Å². The van der Waals surface area contributed by atoms with E-state index in [1.54, 1.807) is 30.3 Å². The van der Waals surface area contributed by atoms with E-state index in [1.165, 1.54) is 10.8 Å². The highest BCUT2D eigenvalue weighted by Crippen LogP contribution is 2.19. The van der Waals surface area contributed by atoms with E-state index in [9.17, 15) is 4.79 Å². The lowest BCUT2D eigenvalue weighted by Crippen LogP contribution is -2.15. The summed E-state index contributed by atoms with van der Waals surface area (Å²) in [5, 5.41) is 0.561. The smallest absolute Gasteiger partial charge is 0.332 e. The molecule has 5 nitrogen and oxygen atoms in total. The van der Waals surface area contributed by atoms with Gasteiger partial charge in [-0.2, -0.15) is 0 Å². The molecule has 3 rings (SSSR count). The molecule has 0 amide bonds. The van der Waals surface area contributed by atoms with Crippen LogP contribution in [0.25, 0.3) is 16.9 Å². The third-order valence-electron chi connectivity index (χ3n) is 2.65. The lowest BCUT2D eigenvalue weighted by atomic mass is 10.3. The van der Waals surface area contributed by atoms with Crippen LogP contribution < -0.4 is 11.4 Å². The molecule has 0 radical (unpaired) electrons. The molecule has 0 spiro atoms. The van der Waals surface area contributed by atoms with Crippen LogP contribution in [0.15, 0.2) is 41.3 Å². The molecule has 0 unspecified atom stereocenters. The first-order chi connectivity index (χ1) is 8.65. The number of nitrogens with two attached hydrogens (primary N) is 1. The van der Waals surface area contributed by atoms with Gasteiger partial charge in [-0.05, 0) is 30.3 Å². The second kappa shape index (κ2) is 3.89. The highest BCUT2D eigenvalue weighted by atomic mass is 35.5. The maximum Gasteiger partial charge on any atom is 0.332 e. The highest BCUT2D eigenvalue weighted by Gasteiger charge is 2.09. The molecule has 0 saturated heterocycles. The molecule has 3 N–H and O–H groups in total. The molecule has 18 heavy (non-hydrogen) atoms. The van der Waals surface area contributed by atoms with Crippen molar-refractivity contribution in [1.82, 2.24) is 14.5 Å². The first-order valence-corrected chi connectivity index (χ1v) is 5.65. The van der Waals surface area contributed by atoms with E-state index in [0.29, 0.717) is 27.6 Å². The first-order valence-electron chi connectivity index (χ1n) is 5.27. The van der Waals surface area contributed by atoms with E-state index in [4.69, 9.17) is 17.3 Å². The van der Waals surface area contributed by atoms with E-state index in [2.05, 4.69) is 9.97 Å². The number of halogens is 1. The fourth-order valence-corrected chi connectivity index (χ4v) is 2.00. The molecule has 0 aliphatic heterocycles. The Morgan fingerprint density at radius 1 is 1.28 bits per heavy atom. The van der Waals surface area contributed by atoms with Gasteiger partial charge in [0.2, 0.25) is 0 Å². The Morgan fingerprint density at radius 2 is 2.11 bits per heavy atom. The molecule has 90 valence electrons. The third kappa shape index (κ3) is 1.65. The summed E-state index contributed by atoms with van der Waals surface area (Å²) in [5.41, 5.74) is 7.26. The second-order valence-electron chi connectivity index (χ2n) is 3.88. The summed E-state index contributed by atoms with van der Waals surface area (Å²) in [6.07, 6.45) is 1.51. The zero-order valence-electron chi connectivity index (χ0n) is 9.22. The summed E-state index contributed by atoms with van der Waals surface area (Å²) in [6, 6.07) is 8.57. The number of hydrogen-bond donors (Lipinski definition) is 2. The van der Waals surface area contributed by atoms with Crippen molar-refractivity contribution in [1.29, 1.82) is 0 Å². The van der Waals surface area contributed by atoms with E-state index in [-0.39, 0.29) is 5.69 Å². The SMILES string of the molecule is Nc1ccc(-n2c(=O)[nH]c3ccc(Cl)cc32)nc1. The van der Waals surface area contributed by atoms with Gasteiger partial charge in [-0.15, -0.1) is 0 Å². The van der Waals surface area contributed by atoms with Crippen molar-refractivity contribution in [2.24, 2.45) is 0 Å². The van der Waals surface area contributed by atoms with E-state index in [0.717, 1.165) is 0 Å². The number of nitrogens with one attached hydrogen (secondary N) is 1. The number of hydrogen-bond acceptors (Lipinski definition) is 3. The molecule has 2 aromatic heterocycles. The summed E-state index contributed by atoms with van der Waals surface area (Å²) in [6.45, 7) is 0. The highest BCUT2D eigenvalue weighted by molar-refractivity contribution is 6.31. The summed E-state index contributed by atoms with van der Waals surface area (Å²) < 4.78 is 1.46. The lowest BCUT2D eigenvalue weighted by molar-refractivity contribution is 0.967. The molecule has 6 heteroatoms. The van der Waals surface area contributed by atoms with Crippen molar-refractivity contribution in [3.05, 3.63) is 52.0 Å². The minimum atomic E-state index is -0.260. The number of aromatic amines is 1. The number of fused-ring (bicyclic) bond motifs is 1. The van der Waals surface area contributed by atoms with Crippen LogP contribution in [0, 0.1) is 0 Å². The number of imidazole rings is 1. The van der Waals surface area contributed by atoms with Gasteiger partial charge in [0.1, 0.15) is 5.82 Å². The van der Waals surface area contributed by atoms with Crippen molar-refractivity contribution in [2.75, 3.05) is 5.73 Å². The van der Waals surface area contributed by atoms with Crippen molar-refractivity contribution in [3.63, 3.8) is 0 Å². The Balaban J connectivity index is 2.34. The number of nitrogen functional groups attached to an aromatic ring is 1. The van der Waals surface area contributed by atoms with Gasteiger partial charge in [0.05, 0.1) is 22.9 Å². The van der Waals surface area contributed by atoms with Gasteiger partial charge in [0.25, 0.3) is 0 Å². The number of rotatable bonds is 1. The normalized spacial score (nSPS) is 10.9. The van der Waals surface area contributed by atoms with Gasteiger partial charge in [0, 0.05) is 5.02 Å². The summed E-state index contributed by atoms with van der Waals surface area (Å²) in [4.78, 5) is 18.8. The Morgan fingerprint density at radius 3 is 2.83 bits per heavy atom. The van der Waals surface area contributed by atoms with Crippen molar-refractivity contribution in [3.8, 4) is 5.82 Å². The predicted octanol–water partition coefficient (Wildman–Crippen LogP) is 1.95. The Bertz CT molecular complexity index is 773. The number of benzene rings is 1. The average Bonchev–Trinajstić information content (AvgIpc) is 2.66. The van der Waals surface area contributed by atoms with Gasteiger partial charge < -0.3 is 10.7 Å². The average molecular weight is 261 g/mol. The van der Waals surface area contributed by atoms with Crippen molar-refractivity contribution < 1.29 is 0 Å². The van der Waals surface area contributed by atoms with E-state index < -0.39 is 0 Å². The third-order valence-corrected chi connectivity index (χ3v) is 2.88. The summed E-state index contributed by atoms with van der Waals surface area (Å²) in [5.74, 6) is 0.503. The maximum atomic E-state index is 11.9. The number of pyridine rings is 1. The van der Waals surface area contributed by atoms with Crippen LogP contribution in [0.4, 0.5) is 5.69 Å². The molecule has 0 atom stereocenters. The Labute approximate surface area is 107 Å². The molecule has 0 aliphatic rings. The van der Waals surface area contributed by atoms with Crippen LogP contribution in [0.5, 0.6) is 0 Å². The van der Waals surface area contributed by atoms with Crippen LogP contribution in [0.1, 0.15) is 0 Å². The van der Waals surface area contributed by atoms with Crippen molar-refractivity contribution >= 4 is 28.3 Å². The van der Waals surface area contributed by atoms with Crippen LogP contribution in [0.2, 0.25) is 5.02 Å². The summed E-state index contributed by atoms with van der Waals surface area (Å²) >= 11 is 5.94. The number of anilines is 1.